The van der Waals surface area contributed by atoms with Crippen molar-refractivity contribution in [2.45, 2.75) is 19.4 Å². The molecule has 2 aromatic carbocycles. The zero-order valence-electron chi connectivity index (χ0n) is 18.1. The van der Waals surface area contributed by atoms with Crippen molar-refractivity contribution in [1.29, 1.82) is 0 Å². The highest BCUT2D eigenvalue weighted by Crippen LogP contribution is 2.30. The van der Waals surface area contributed by atoms with E-state index in [1.165, 1.54) is 10.5 Å². The van der Waals surface area contributed by atoms with Crippen molar-refractivity contribution in [2.75, 3.05) is 49.5 Å². The van der Waals surface area contributed by atoms with Gasteiger partial charge in [0.25, 0.3) is 5.91 Å². The largest absolute Gasteiger partial charge is 0.324 e. The Morgan fingerprint density at radius 3 is 2.48 bits per heavy atom. The molecule has 0 spiro atoms. The predicted octanol–water partition coefficient (Wildman–Crippen LogP) is 0.247. The van der Waals surface area contributed by atoms with E-state index < -0.39 is 0 Å². The summed E-state index contributed by atoms with van der Waals surface area (Å²) in [5.41, 5.74) is 2.76. The summed E-state index contributed by atoms with van der Waals surface area (Å²) in [5, 5.41) is 2.93. The van der Waals surface area contributed by atoms with Crippen LogP contribution in [0.1, 0.15) is 18.9 Å². The maximum atomic E-state index is 13.3. The van der Waals surface area contributed by atoms with Crippen LogP contribution in [0.2, 0.25) is 0 Å². The molecule has 0 radical (unpaired) electrons. The second-order valence-electron chi connectivity index (χ2n) is 8.58. The monoisotopic (exact) mass is 420 g/mol. The summed E-state index contributed by atoms with van der Waals surface area (Å²) in [5.74, 6) is 0.0576. The van der Waals surface area contributed by atoms with Crippen LogP contribution in [0.3, 0.4) is 0 Å². The van der Waals surface area contributed by atoms with Gasteiger partial charge in [-0.1, -0.05) is 48.5 Å². The Morgan fingerprint density at radius 1 is 1.03 bits per heavy atom. The number of para-hydroxylation sites is 2. The summed E-state index contributed by atoms with van der Waals surface area (Å²) in [7, 11) is 0. The molecule has 0 aromatic heterocycles. The van der Waals surface area contributed by atoms with Crippen LogP contribution in [0.25, 0.3) is 6.08 Å². The van der Waals surface area contributed by atoms with Gasteiger partial charge in [-0.3, -0.25) is 9.59 Å². The van der Waals surface area contributed by atoms with E-state index in [1.807, 2.05) is 42.2 Å². The Labute approximate surface area is 184 Å². The Bertz CT molecular complexity index is 936. The SMILES string of the molecule is C[C@@H]1CC(=O)Nc2ccccc2N1C(=O)C[NH+]1CC[NH+](C/C=C/c2ccccc2)CC1. The number of piperazine rings is 1. The normalized spacial score (nSPS) is 23.8. The van der Waals surface area contributed by atoms with Crippen molar-refractivity contribution in [3.8, 4) is 0 Å². The molecule has 2 heterocycles. The third-order valence-corrected chi connectivity index (χ3v) is 6.21. The molecule has 1 atom stereocenters. The first kappa shape index (κ1) is 21.3. The average molecular weight is 421 g/mol. The molecule has 1 saturated heterocycles. The van der Waals surface area contributed by atoms with Crippen LogP contribution in [0, 0.1) is 0 Å². The maximum absolute atomic E-state index is 13.3. The minimum absolute atomic E-state index is 0.0385. The van der Waals surface area contributed by atoms with Gasteiger partial charge in [-0.15, -0.1) is 0 Å². The van der Waals surface area contributed by atoms with Crippen molar-refractivity contribution in [1.82, 2.24) is 0 Å². The quantitative estimate of drug-likeness (QED) is 0.650. The number of nitrogens with one attached hydrogen (secondary N) is 3. The Hall–Kier alpha value is -2.96. The summed E-state index contributed by atoms with van der Waals surface area (Å²) in [6, 6.07) is 17.8. The lowest BCUT2D eigenvalue weighted by molar-refractivity contribution is -1.01. The van der Waals surface area contributed by atoms with Gasteiger partial charge in [-0.2, -0.15) is 0 Å². The molecule has 2 aliphatic heterocycles. The minimum atomic E-state index is -0.148. The molecule has 2 aromatic rings. The van der Waals surface area contributed by atoms with Crippen molar-refractivity contribution in [2.24, 2.45) is 0 Å². The summed E-state index contributed by atoms with van der Waals surface area (Å²) < 4.78 is 0. The van der Waals surface area contributed by atoms with Crippen LogP contribution in [-0.4, -0.2) is 57.1 Å². The third-order valence-electron chi connectivity index (χ3n) is 6.21. The highest BCUT2D eigenvalue weighted by Gasteiger charge is 2.33. The van der Waals surface area contributed by atoms with Gasteiger partial charge in [0, 0.05) is 12.5 Å². The number of anilines is 2. The fourth-order valence-corrected chi connectivity index (χ4v) is 4.53. The molecule has 0 aliphatic carbocycles. The number of hydrogen-bond donors (Lipinski definition) is 3. The van der Waals surface area contributed by atoms with Gasteiger partial charge in [-0.25, -0.2) is 0 Å². The molecule has 162 valence electrons. The zero-order valence-corrected chi connectivity index (χ0v) is 18.1. The van der Waals surface area contributed by atoms with E-state index in [1.54, 1.807) is 4.90 Å². The smallest absolute Gasteiger partial charge is 0.282 e. The predicted molar refractivity (Wildman–Crippen MR) is 123 cm³/mol. The summed E-state index contributed by atoms with van der Waals surface area (Å²) in [6.07, 6.45) is 4.76. The fourth-order valence-electron chi connectivity index (χ4n) is 4.53. The number of hydrogen-bond acceptors (Lipinski definition) is 2. The maximum Gasteiger partial charge on any atom is 0.282 e. The molecule has 0 unspecified atom stereocenters. The second-order valence-corrected chi connectivity index (χ2v) is 8.58. The number of nitrogens with zero attached hydrogens (tertiary/aromatic N) is 1. The Morgan fingerprint density at radius 2 is 1.71 bits per heavy atom. The standard InChI is InChI=1S/C25H30N4O2/c1-20-18-24(30)26-22-11-5-6-12-23(22)29(20)25(31)19-28-16-14-27(15-17-28)13-7-10-21-8-3-2-4-9-21/h2-12,20H,13-19H2,1H3,(H,26,30)/p+2/b10-7+/t20-/m1/s1. The molecule has 3 N–H and O–H groups in total. The molecule has 31 heavy (non-hydrogen) atoms. The number of amides is 2. The lowest BCUT2D eigenvalue weighted by Gasteiger charge is -2.32. The van der Waals surface area contributed by atoms with Crippen LogP contribution in [0.5, 0.6) is 0 Å². The number of quaternary nitrogens is 2. The van der Waals surface area contributed by atoms with E-state index in [0.29, 0.717) is 13.0 Å². The summed E-state index contributed by atoms with van der Waals surface area (Å²) >= 11 is 0. The summed E-state index contributed by atoms with van der Waals surface area (Å²) in [6.45, 7) is 7.54. The van der Waals surface area contributed by atoms with E-state index in [0.717, 1.165) is 44.1 Å². The van der Waals surface area contributed by atoms with E-state index in [2.05, 4.69) is 41.7 Å². The van der Waals surface area contributed by atoms with Crippen LogP contribution in [0.15, 0.2) is 60.7 Å². The van der Waals surface area contributed by atoms with Gasteiger partial charge in [0.15, 0.2) is 6.54 Å². The number of benzene rings is 2. The van der Waals surface area contributed by atoms with E-state index in [9.17, 15) is 9.59 Å². The molecule has 2 amide bonds. The minimum Gasteiger partial charge on any atom is -0.324 e. The number of carbonyl (C=O) groups excluding carboxylic acids is 2. The lowest BCUT2D eigenvalue weighted by Crippen LogP contribution is -3.28. The first-order chi connectivity index (χ1) is 15.1. The number of rotatable bonds is 5. The second kappa shape index (κ2) is 9.90. The van der Waals surface area contributed by atoms with Crippen molar-refractivity contribution >= 4 is 29.3 Å². The fraction of sp³-hybridized carbons (Fsp3) is 0.360. The van der Waals surface area contributed by atoms with E-state index in [-0.39, 0.29) is 17.9 Å². The molecule has 1 fully saturated rings. The van der Waals surface area contributed by atoms with Crippen molar-refractivity contribution in [3.05, 3.63) is 66.2 Å². The molecule has 0 bridgehead atoms. The lowest BCUT2D eigenvalue weighted by atomic mass is 10.1. The van der Waals surface area contributed by atoms with Crippen molar-refractivity contribution < 1.29 is 19.4 Å². The van der Waals surface area contributed by atoms with Gasteiger partial charge in [0.1, 0.15) is 26.2 Å². The van der Waals surface area contributed by atoms with Crippen LogP contribution in [0.4, 0.5) is 11.4 Å². The molecule has 4 rings (SSSR count). The van der Waals surface area contributed by atoms with Crippen molar-refractivity contribution in [3.63, 3.8) is 0 Å². The number of carbonyl (C=O) groups is 2. The van der Waals surface area contributed by atoms with Gasteiger partial charge in [-0.05, 0) is 30.7 Å². The van der Waals surface area contributed by atoms with Gasteiger partial charge < -0.3 is 20.0 Å². The van der Waals surface area contributed by atoms with Crippen LogP contribution < -0.4 is 20.0 Å². The molecule has 0 saturated carbocycles. The van der Waals surface area contributed by atoms with E-state index >= 15 is 0 Å². The summed E-state index contributed by atoms with van der Waals surface area (Å²) in [4.78, 5) is 30.1. The highest BCUT2D eigenvalue weighted by atomic mass is 16.2. The molecular weight excluding hydrogens is 388 g/mol. The molecule has 2 aliphatic rings. The van der Waals surface area contributed by atoms with Gasteiger partial charge >= 0.3 is 0 Å². The van der Waals surface area contributed by atoms with Gasteiger partial charge in [0.05, 0.1) is 17.9 Å². The van der Waals surface area contributed by atoms with Gasteiger partial charge in [0.2, 0.25) is 5.91 Å². The highest BCUT2D eigenvalue weighted by molar-refractivity contribution is 6.04. The first-order valence-electron chi connectivity index (χ1n) is 11.2. The zero-order chi connectivity index (χ0) is 21.6. The Balaban J connectivity index is 1.32. The first-order valence-corrected chi connectivity index (χ1v) is 11.2. The average Bonchev–Trinajstić information content (AvgIpc) is 2.90. The molecule has 6 nitrogen and oxygen atoms in total. The van der Waals surface area contributed by atoms with E-state index in [4.69, 9.17) is 0 Å². The van der Waals surface area contributed by atoms with Crippen LogP contribution in [-0.2, 0) is 9.59 Å². The molecule has 6 heteroatoms. The third kappa shape index (κ3) is 5.40. The number of fused-ring (bicyclic) bond motifs is 1. The Kier molecular flexibility index (Phi) is 6.79. The topological polar surface area (TPSA) is 58.3 Å². The molecular formula is C25H32N4O2+2. The van der Waals surface area contributed by atoms with Crippen LogP contribution >= 0.6 is 0 Å².